The Balaban J connectivity index is 1.41. The molecule has 0 aliphatic heterocycles. The van der Waals surface area contributed by atoms with Crippen LogP contribution in [0.1, 0.15) is 37.8 Å². The summed E-state index contributed by atoms with van der Waals surface area (Å²) in [5.74, 6) is -1.52. The van der Waals surface area contributed by atoms with Crippen LogP contribution in [-0.4, -0.2) is 36.5 Å². The molecule has 162 valence electrons. The van der Waals surface area contributed by atoms with Crippen LogP contribution in [0.15, 0.2) is 66.9 Å². The number of aromatic nitrogens is 4. The number of benzene rings is 2. The molecule has 0 aliphatic carbocycles. The Hall–Kier alpha value is -4.40. The molecule has 2 aromatic heterocycles. The van der Waals surface area contributed by atoms with Crippen molar-refractivity contribution in [3.05, 3.63) is 95.1 Å². The highest BCUT2D eigenvalue weighted by Gasteiger charge is 2.18. The van der Waals surface area contributed by atoms with Crippen LogP contribution in [-0.2, 0) is 6.54 Å². The Morgan fingerprint density at radius 3 is 2.41 bits per heavy atom. The summed E-state index contributed by atoms with van der Waals surface area (Å²) in [6.07, 6.45) is 1.33. The summed E-state index contributed by atoms with van der Waals surface area (Å²) in [4.78, 5) is 25.0. The summed E-state index contributed by atoms with van der Waals surface area (Å²) in [7, 11) is 0. The minimum atomic E-state index is -0.732. The van der Waals surface area contributed by atoms with E-state index in [1.807, 2.05) is 48.9 Å². The van der Waals surface area contributed by atoms with Gasteiger partial charge in [0.1, 0.15) is 0 Å². The second-order valence-corrected chi connectivity index (χ2v) is 7.34. The van der Waals surface area contributed by atoms with E-state index in [1.165, 1.54) is 10.9 Å². The van der Waals surface area contributed by atoms with E-state index in [9.17, 15) is 14.7 Å². The summed E-state index contributed by atoms with van der Waals surface area (Å²) in [5, 5.41) is 18.6. The molecule has 4 aromatic rings. The monoisotopic (exact) mass is 430 g/mol. The van der Waals surface area contributed by atoms with Crippen molar-refractivity contribution >= 4 is 11.8 Å². The Morgan fingerprint density at radius 2 is 1.69 bits per heavy atom. The molecule has 0 fully saturated rings. The largest absolute Gasteiger partial charge is 0.504 e. The van der Waals surface area contributed by atoms with Crippen molar-refractivity contribution in [1.29, 1.82) is 0 Å². The lowest BCUT2D eigenvalue weighted by molar-refractivity contribution is 0.0842. The Bertz CT molecular complexity index is 1280. The molecule has 32 heavy (non-hydrogen) atoms. The molecule has 0 bridgehead atoms. The van der Waals surface area contributed by atoms with E-state index >= 15 is 0 Å². The first-order valence-corrected chi connectivity index (χ1v) is 9.95. The number of amides is 2. The molecule has 2 aromatic carbocycles. The molecular weight excluding hydrogens is 408 g/mol. The van der Waals surface area contributed by atoms with E-state index in [1.54, 1.807) is 30.3 Å². The minimum Gasteiger partial charge on any atom is -0.504 e. The maximum Gasteiger partial charge on any atom is 0.294 e. The molecule has 0 atom stereocenters. The number of nitrogens with one attached hydrogen (secondary N) is 2. The predicted octanol–water partition coefficient (Wildman–Crippen LogP) is 2.51. The fourth-order valence-electron chi connectivity index (χ4n) is 3.30. The fourth-order valence-corrected chi connectivity index (χ4v) is 3.30. The Morgan fingerprint density at radius 1 is 0.938 bits per heavy atom. The Labute approximate surface area is 184 Å². The highest BCUT2D eigenvalue weighted by molar-refractivity contribution is 5.99. The zero-order chi connectivity index (χ0) is 22.7. The molecule has 0 spiro atoms. The van der Waals surface area contributed by atoms with Gasteiger partial charge in [0.15, 0.2) is 11.4 Å². The van der Waals surface area contributed by atoms with E-state index in [0.717, 1.165) is 17.0 Å². The second kappa shape index (κ2) is 8.76. The molecule has 0 saturated carbocycles. The van der Waals surface area contributed by atoms with E-state index < -0.39 is 11.8 Å². The molecule has 3 N–H and O–H groups in total. The summed E-state index contributed by atoms with van der Waals surface area (Å²) < 4.78 is 3.24. The van der Waals surface area contributed by atoms with Crippen LogP contribution in [0.3, 0.4) is 0 Å². The average Bonchev–Trinajstić information content (AvgIpc) is 3.33. The van der Waals surface area contributed by atoms with Crippen LogP contribution < -0.4 is 10.9 Å². The molecule has 0 radical (unpaired) electrons. The average molecular weight is 430 g/mol. The molecule has 0 unspecified atom stereocenters. The number of nitrogens with zero attached hydrogens (tertiary/aromatic N) is 4. The summed E-state index contributed by atoms with van der Waals surface area (Å²) in [6.45, 7) is 4.43. The standard InChI is InChI=1S/C23H22N6O3/c1-15-11-16(2)28(26-15)13-17-7-6-8-18(12-17)22(31)24-25-23(32)21-20(30)14-29(27-21)19-9-4-3-5-10-19/h3-12,14,30H,13H2,1-2H3,(H,24,31)(H,25,32). The van der Waals surface area contributed by atoms with Crippen molar-refractivity contribution < 1.29 is 14.7 Å². The van der Waals surface area contributed by atoms with Gasteiger partial charge in [-0.25, -0.2) is 4.68 Å². The number of hydrogen-bond donors (Lipinski definition) is 3. The van der Waals surface area contributed by atoms with Gasteiger partial charge in [-0.1, -0.05) is 30.3 Å². The zero-order valence-electron chi connectivity index (χ0n) is 17.6. The molecule has 0 saturated heterocycles. The normalized spacial score (nSPS) is 10.7. The molecule has 9 nitrogen and oxygen atoms in total. The lowest BCUT2D eigenvalue weighted by Gasteiger charge is -2.09. The van der Waals surface area contributed by atoms with Gasteiger partial charge < -0.3 is 5.11 Å². The van der Waals surface area contributed by atoms with Crippen LogP contribution >= 0.6 is 0 Å². The first-order chi connectivity index (χ1) is 15.4. The van der Waals surface area contributed by atoms with Gasteiger partial charge >= 0.3 is 0 Å². The highest BCUT2D eigenvalue weighted by Crippen LogP contribution is 2.17. The zero-order valence-corrected chi connectivity index (χ0v) is 17.6. The van der Waals surface area contributed by atoms with E-state index in [0.29, 0.717) is 17.8 Å². The fraction of sp³-hybridized carbons (Fsp3) is 0.130. The molecule has 2 amide bonds. The predicted molar refractivity (Wildman–Crippen MR) is 117 cm³/mol. The third kappa shape index (κ3) is 4.51. The van der Waals surface area contributed by atoms with Crippen molar-refractivity contribution in [3.63, 3.8) is 0 Å². The smallest absolute Gasteiger partial charge is 0.294 e. The van der Waals surface area contributed by atoms with Crippen molar-refractivity contribution in [1.82, 2.24) is 30.4 Å². The van der Waals surface area contributed by atoms with Crippen molar-refractivity contribution in [2.45, 2.75) is 20.4 Å². The lowest BCUT2D eigenvalue weighted by Crippen LogP contribution is -2.41. The van der Waals surface area contributed by atoms with Gasteiger partial charge in [0.05, 0.1) is 24.1 Å². The van der Waals surface area contributed by atoms with Crippen LogP contribution in [0.2, 0.25) is 0 Å². The van der Waals surface area contributed by atoms with Crippen LogP contribution in [0.4, 0.5) is 0 Å². The van der Waals surface area contributed by atoms with Gasteiger partial charge in [-0.3, -0.25) is 25.1 Å². The number of aromatic hydroxyl groups is 1. The van der Waals surface area contributed by atoms with E-state index in [2.05, 4.69) is 21.0 Å². The summed E-state index contributed by atoms with van der Waals surface area (Å²) in [5.41, 5.74) is 8.37. The lowest BCUT2D eigenvalue weighted by atomic mass is 10.1. The van der Waals surface area contributed by atoms with Crippen molar-refractivity contribution in [2.24, 2.45) is 0 Å². The van der Waals surface area contributed by atoms with Crippen molar-refractivity contribution in [3.8, 4) is 11.4 Å². The minimum absolute atomic E-state index is 0.201. The van der Waals surface area contributed by atoms with E-state index in [-0.39, 0.29) is 11.4 Å². The Kier molecular flexibility index (Phi) is 5.71. The first-order valence-electron chi connectivity index (χ1n) is 9.95. The summed E-state index contributed by atoms with van der Waals surface area (Å²) >= 11 is 0. The number of rotatable bonds is 5. The number of carbonyl (C=O) groups is 2. The number of para-hydroxylation sites is 1. The molecule has 0 aliphatic rings. The number of hydrazine groups is 1. The van der Waals surface area contributed by atoms with Crippen LogP contribution in [0.5, 0.6) is 5.75 Å². The van der Waals surface area contributed by atoms with Crippen LogP contribution in [0.25, 0.3) is 5.69 Å². The third-order valence-corrected chi connectivity index (χ3v) is 4.85. The SMILES string of the molecule is Cc1cc(C)n(Cc2cccc(C(=O)NNC(=O)c3nn(-c4ccccc4)cc3O)c2)n1. The number of aryl methyl sites for hydroxylation is 2. The van der Waals surface area contributed by atoms with Gasteiger partial charge in [-0.05, 0) is 49.7 Å². The van der Waals surface area contributed by atoms with Gasteiger partial charge in [0.25, 0.3) is 11.8 Å². The van der Waals surface area contributed by atoms with Crippen LogP contribution in [0, 0.1) is 13.8 Å². The molecular formula is C23H22N6O3. The van der Waals surface area contributed by atoms with E-state index in [4.69, 9.17) is 0 Å². The maximum atomic E-state index is 12.5. The van der Waals surface area contributed by atoms with Crippen molar-refractivity contribution in [2.75, 3.05) is 0 Å². The highest BCUT2D eigenvalue weighted by atomic mass is 16.3. The second-order valence-electron chi connectivity index (χ2n) is 7.34. The summed E-state index contributed by atoms with van der Waals surface area (Å²) in [6, 6.07) is 18.1. The number of carbonyl (C=O) groups excluding carboxylic acids is 2. The first kappa shape index (κ1) is 20.9. The van der Waals surface area contributed by atoms with Gasteiger partial charge in [0, 0.05) is 11.3 Å². The van der Waals surface area contributed by atoms with Gasteiger partial charge in [-0.15, -0.1) is 0 Å². The quantitative estimate of drug-likeness (QED) is 0.421. The topological polar surface area (TPSA) is 114 Å². The third-order valence-electron chi connectivity index (χ3n) is 4.85. The molecule has 2 heterocycles. The maximum absolute atomic E-state index is 12.5. The number of hydrogen-bond acceptors (Lipinski definition) is 5. The van der Waals surface area contributed by atoms with Gasteiger partial charge in [-0.2, -0.15) is 10.2 Å². The van der Waals surface area contributed by atoms with Gasteiger partial charge in [0.2, 0.25) is 0 Å². The molecule has 4 rings (SSSR count). The molecule has 9 heteroatoms.